The molecule has 0 aliphatic heterocycles. The number of carbonyl (C=O) groups excluding carboxylic acids is 1. The summed E-state index contributed by atoms with van der Waals surface area (Å²) in [5.41, 5.74) is 1.31. The molecule has 1 unspecified atom stereocenters. The van der Waals surface area contributed by atoms with Crippen LogP contribution in [0.4, 0.5) is 0 Å². The average molecular weight is 270 g/mol. The Balaban J connectivity index is 2.00. The highest BCUT2D eigenvalue weighted by molar-refractivity contribution is 7.79. The number of rotatable bonds is 5. The minimum absolute atomic E-state index is 0.404. The third kappa shape index (κ3) is 3.96. The Morgan fingerprint density at radius 2 is 1.95 bits per heavy atom. The van der Waals surface area contributed by atoms with Crippen molar-refractivity contribution in [2.45, 2.75) is 12.5 Å². The number of nitrogens with zero attached hydrogens (tertiary/aromatic N) is 1. The normalized spacial score (nSPS) is 11.6. The molecule has 0 bridgehead atoms. The van der Waals surface area contributed by atoms with Crippen LogP contribution in [0.2, 0.25) is 0 Å². The second-order valence-electron chi connectivity index (χ2n) is 3.90. The van der Waals surface area contributed by atoms with E-state index in [1.54, 1.807) is 30.5 Å². The van der Waals surface area contributed by atoms with Gasteiger partial charge in [0.25, 0.3) is 0 Å². The summed E-state index contributed by atoms with van der Waals surface area (Å²) in [6.45, 7) is 0. The van der Waals surface area contributed by atoms with Crippen molar-refractivity contribution < 1.29 is 9.53 Å². The topological polar surface area (TPSA) is 39.2 Å². The Morgan fingerprint density at radius 3 is 2.58 bits per heavy atom. The molecule has 0 spiro atoms. The molecule has 0 amide bonds. The zero-order valence-electron chi connectivity index (χ0n) is 10.2. The molecule has 1 aromatic heterocycles. The first-order chi connectivity index (χ1) is 9.29. The minimum Gasteiger partial charge on any atom is -0.453 e. The Bertz CT molecular complexity index is 543. The maximum Gasteiger partial charge on any atom is 0.338 e. The van der Waals surface area contributed by atoms with E-state index >= 15 is 0 Å². The van der Waals surface area contributed by atoms with Gasteiger partial charge in [0, 0.05) is 18.3 Å². The van der Waals surface area contributed by atoms with Crippen molar-refractivity contribution in [3.8, 4) is 0 Å². The van der Waals surface area contributed by atoms with Gasteiger partial charge in [-0.1, -0.05) is 36.5 Å². The van der Waals surface area contributed by atoms with Crippen LogP contribution in [0, 0.1) is 0 Å². The fourth-order valence-electron chi connectivity index (χ4n) is 1.59. The van der Waals surface area contributed by atoms with Crippen molar-refractivity contribution in [3.05, 3.63) is 66.0 Å². The van der Waals surface area contributed by atoms with Gasteiger partial charge in [0.1, 0.15) is 6.10 Å². The summed E-state index contributed by atoms with van der Waals surface area (Å²) in [5, 5.41) is 2.55. The van der Waals surface area contributed by atoms with Gasteiger partial charge in [-0.05, 0) is 24.3 Å². The zero-order chi connectivity index (χ0) is 13.5. The summed E-state index contributed by atoms with van der Waals surface area (Å²) in [5.74, 6) is -0.404. The van der Waals surface area contributed by atoms with Crippen LogP contribution in [-0.4, -0.2) is 22.4 Å². The van der Waals surface area contributed by atoms with Crippen molar-refractivity contribution in [2.24, 2.45) is 0 Å². The first-order valence-corrected chi connectivity index (χ1v) is 6.24. The lowest BCUT2D eigenvalue weighted by Crippen LogP contribution is -2.21. The Kier molecular flexibility index (Phi) is 4.75. The number of hydrogen-bond acceptors (Lipinski definition) is 4. The van der Waals surface area contributed by atoms with E-state index in [-0.39, 0.29) is 0 Å². The third-order valence-electron chi connectivity index (χ3n) is 2.51. The Labute approximate surface area is 117 Å². The van der Waals surface area contributed by atoms with Gasteiger partial charge in [-0.2, -0.15) is 0 Å². The highest BCUT2D eigenvalue weighted by atomic mass is 32.1. The highest BCUT2D eigenvalue weighted by Gasteiger charge is 2.15. The van der Waals surface area contributed by atoms with Gasteiger partial charge in [-0.3, -0.25) is 4.98 Å². The molecular weight excluding hydrogens is 258 g/mol. The maximum atomic E-state index is 11.9. The van der Waals surface area contributed by atoms with Gasteiger partial charge in [0.15, 0.2) is 0 Å². The van der Waals surface area contributed by atoms with E-state index in [4.69, 9.17) is 17.0 Å². The molecule has 1 aromatic carbocycles. The number of pyridine rings is 1. The lowest BCUT2D eigenvalue weighted by atomic mass is 10.2. The number of aromatic nitrogens is 1. The molecule has 0 aliphatic rings. The van der Waals surface area contributed by atoms with Crippen LogP contribution in [0.15, 0.2) is 54.7 Å². The number of esters is 1. The SMILES string of the molecule is O=C(OC([C]=S)Cc1ccccn1)c1ccccc1. The minimum atomic E-state index is -0.572. The summed E-state index contributed by atoms with van der Waals surface area (Å²) in [6, 6.07) is 14.4. The van der Waals surface area contributed by atoms with Crippen LogP contribution in [0.5, 0.6) is 0 Å². The Morgan fingerprint density at radius 1 is 1.21 bits per heavy atom. The van der Waals surface area contributed by atoms with Gasteiger partial charge < -0.3 is 4.74 Å². The van der Waals surface area contributed by atoms with Crippen LogP contribution in [0.1, 0.15) is 16.1 Å². The molecule has 1 heterocycles. The van der Waals surface area contributed by atoms with Crippen LogP contribution >= 0.6 is 12.2 Å². The standard InChI is InChI=1S/C15H12NO2S/c17-15(12-6-2-1-3-7-12)18-14(11-19)10-13-8-4-5-9-16-13/h1-9,14H,10H2. The van der Waals surface area contributed by atoms with E-state index in [9.17, 15) is 4.79 Å². The second kappa shape index (κ2) is 6.75. The van der Waals surface area contributed by atoms with Crippen LogP contribution < -0.4 is 0 Å². The largest absolute Gasteiger partial charge is 0.453 e. The molecule has 95 valence electrons. The lowest BCUT2D eigenvalue weighted by Gasteiger charge is -2.12. The summed E-state index contributed by atoms with van der Waals surface area (Å²) in [6.07, 6.45) is 1.55. The molecule has 1 radical (unpaired) electrons. The molecule has 0 N–H and O–H groups in total. The maximum absolute atomic E-state index is 11.9. The molecule has 0 fully saturated rings. The molecule has 4 heteroatoms. The van der Waals surface area contributed by atoms with E-state index in [1.165, 1.54) is 0 Å². The fraction of sp³-hybridized carbons (Fsp3) is 0.133. The third-order valence-corrected chi connectivity index (χ3v) is 2.77. The number of carbonyl (C=O) groups is 1. The summed E-state index contributed by atoms with van der Waals surface area (Å²) in [7, 11) is 0. The number of benzene rings is 1. The summed E-state index contributed by atoms with van der Waals surface area (Å²) in [4.78, 5) is 16.0. The first-order valence-electron chi connectivity index (χ1n) is 5.83. The van der Waals surface area contributed by atoms with Gasteiger partial charge in [0.05, 0.1) is 10.9 Å². The number of hydrogen-bond donors (Lipinski definition) is 0. The average Bonchev–Trinajstić information content (AvgIpc) is 2.48. The zero-order valence-corrected chi connectivity index (χ0v) is 11.0. The van der Waals surface area contributed by atoms with Crippen molar-refractivity contribution in [1.29, 1.82) is 0 Å². The van der Waals surface area contributed by atoms with Gasteiger partial charge in [-0.15, -0.1) is 0 Å². The predicted molar refractivity (Wildman–Crippen MR) is 76.2 cm³/mol. The second-order valence-corrected chi connectivity index (χ2v) is 4.14. The highest BCUT2D eigenvalue weighted by Crippen LogP contribution is 2.07. The molecule has 0 saturated heterocycles. The van der Waals surface area contributed by atoms with Crippen LogP contribution in [0.3, 0.4) is 0 Å². The van der Waals surface area contributed by atoms with Crippen molar-refractivity contribution >= 4 is 23.6 Å². The molecular formula is C15H12NO2S. The lowest BCUT2D eigenvalue weighted by molar-refractivity contribution is 0.0435. The molecule has 0 saturated carbocycles. The Hall–Kier alpha value is -2.07. The fourth-order valence-corrected chi connectivity index (χ4v) is 1.72. The van der Waals surface area contributed by atoms with E-state index in [2.05, 4.69) is 10.4 Å². The van der Waals surface area contributed by atoms with Crippen LogP contribution in [-0.2, 0) is 11.2 Å². The van der Waals surface area contributed by atoms with Gasteiger partial charge in [0.2, 0.25) is 0 Å². The summed E-state index contributed by atoms with van der Waals surface area (Å²) >= 11 is 4.79. The van der Waals surface area contributed by atoms with Gasteiger partial charge in [-0.25, -0.2) is 4.79 Å². The molecule has 19 heavy (non-hydrogen) atoms. The van der Waals surface area contributed by atoms with Gasteiger partial charge >= 0.3 is 5.97 Å². The van der Waals surface area contributed by atoms with Crippen LogP contribution in [0.25, 0.3) is 0 Å². The smallest absolute Gasteiger partial charge is 0.338 e. The molecule has 2 rings (SSSR count). The van der Waals surface area contributed by atoms with Crippen molar-refractivity contribution in [1.82, 2.24) is 4.98 Å². The van der Waals surface area contributed by atoms with Crippen molar-refractivity contribution in [3.63, 3.8) is 0 Å². The van der Waals surface area contributed by atoms with E-state index in [0.29, 0.717) is 12.0 Å². The quantitative estimate of drug-likeness (QED) is 0.618. The molecule has 3 nitrogen and oxygen atoms in total. The van der Waals surface area contributed by atoms with Crippen molar-refractivity contribution in [2.75, 3.05) is 0 Å². The number of ether oxygens (including phenoxy) is 1. The van der Waals surface area contributed by atoms with E-state index in [0.717, 1.165) is 5.69 Å². The number of thiocarbonyl (C=S) groups is 1. The van der Waals surface area contributed by atoms with E-state index in [1.807, 2.05) is 24.3 Å². The summed E-state index contributed by atoms with van der Waals surface area (Å²) < 4.78 is 5.30. The monoisotopic (exact) mass is 270 g/mol. The molecule has 1 atom stereocenters. The molecule has 2 aromatic rings. The molecule has 0 aliphatic carbocycles. The first kappa shape index (κ1) is 13.4. The predicted octanol–water partition coefficient (Wildman–Crippen LogP) is 2.73. The van der Waals surface area contributed by atoms with E-state index < -0.39 is 12.1 Å².